The highest BCUT2D eigenvalue weighted by Gasteiger charge is 2.14. The normalized spacial score (nSPS) is 21.4. The highest BCUT2D eigenvalue weighted by atomic mass is 16.3. The van der Waals surface area contributed by atoms with Crippen LogP contribution in [0.5, 0.6) is 0 Å². The summed E-state index contributed by atoms with van der Waals surface area (Å²) in [4.78, 5) is 4.15. The average molecular weight is 151 g/mol. The predicted molar refractivity (Wildman–Crippen MR) is 41.6 cm³/mol. The molecule has 0 atom stereocenters. The molecule has 0 aromatic rings. The topological polar surface area (TPSA) is 47.9 Å². The summed E-state index contributed by atoms with van der Waals surface area (Å²) in [6.45, 7) is 0.693. The van der Waals surface area contributed by atoms with E-state index in [9.17, 15) is 0 Å². The van der Waals surface area contributed by atoms with Crippen molar-refractivity contribution in [1.82, 2.24) is 10.4 Å². The van der Waals surface area contributed by atoms with E-state index >= 15 is 0 Å². The van der Waals surface area contributed by atoms with Gasteiger partial charge < -0.3 is 5.11 Å². The number of fused-ring (bicyclic) bond motifs is 1. The number of hydrogen-bond acceptors (Lipinski definition) is 4. The second-order valence-corrected chi connectivity index (χ2v) is 2.40. The molecule has 0 amide bonds. The van der Waals surface area contributed by atoms with Crippen molar-refractivity contribution in [2.75, 3.05) is 13.3 Å². The highest BCUT2D eigenvalue weighted by molar-refractivity contribution is 5.96. The van der Waals surface area contributed by atoms with E-state index in [1.165, 1.54) is 0 Å². The van der Waals surface area contributed by atoms with Crippen LogP contribution in [-0.2, 0) is 0 Å². The molecule has 4 nitrogen and oxygen atoms in total. The van der Waals surface area contributed by atoms with Gasteiger partial charge in [0, 0.05) is 6.20 Å². The first-order valence-electron chi connectivity index (χ1n) is 3.47. The van der Waals surface area contributed by atoms with Crippen LogP contribution in [-0.4, -0.2) is 29.2 Å². The number of aliphatic hydroxyl groups is 1. The Labute approximate surface area is 64.5 Å². The number of nitrogens with zero attached hydrogens (tertiary/aromatic N) is 2. The molecule has 0 aromatic carbocycles. The van der Waals surface area contributed by atoms with E-state index in [1.807, 2.05) is 23.4 Å². The van der Waals surface area contributed by atoms with Gasteiger partial charge in [-0.15, -0.1) is 0 Å². The van der Waals surface area contributed by atoms with Gasteiger partial charge >= 0.3 is 0 Å². The van der Waals surface area contributed by atoms with Crippen LogP contribution in [0.15, 0.2) is 28.9 Å². The number of amidine groups is 1. The molecule has 2 aliphatic heterocycles. The molecule has 0 saturated heterocycles. The van der Waals surface area contributed by atoms with Crippen molar-refractivity contribution in [3.05, 3.63) is 23.9 Å². The van der Waals surface area contributed by atoms with Gasteiger partial charge in [0.15, 0.2) is 0 Å². The molecule has 0 bridgehead atoms. The van der Waals surface area contributed by atoms with Gasteiger partial charge in [-0.05, 0) is 17.7 Å². The zero-order chi connectivity index (χ0) is 7.68. The summed E-state index contributed by atoms with van der Waals surface area (Å²) in [6, 6.07) is 0. The third-order valence-electron chi connectivity index (χ3n) is 1.66. The lowest BCUT2D eigenvalue weighted by molar-refractivity contribution is 0.333. The van der Waals surface area contributed by atoms with Crippen LogP contribution in [0, 0.1) is 0 Å². The zero-order valence-electron chi connectivity index (χ0n) is 5.99. The number of aliphatic imine (C=N–C) groups is 1. The van der Waals surface area contributed by atoms with E-state index in [-0.39, 0.29) is 6.61 Å². The molecule has 0 saturated carbocycles. The Morgan fingerprint density at radius 3 is 3.45 bits per heavy atom. The van der Waals surface area contributed by atoms with Crippen molar-refractivity contribution in [1.29, 1.82) is 0 Å². The van der Waals surface area contributed by atoms with Gasteiger partial charge in [0.2, 0.25) is 0 Å². The van der Waals surface area contributed by atoms with Crippen LogP contribution < -0.4 is 5.43 Å². The quantitative estimate of drug-likeness (QED) is 0.536. The summed E-state index contributed by atoms with van der Waals surface area (Å²) in [6.07, 6.45) is 5.58. The standard InChI is InChI=1S/C7H9N3O/c11-4-6-1-2-10-7(3-6)8-5-9-10/h1-3,9,11H,4-5H2. The van der Waals surface area contributed by atoms with Crippen molar-refractivity contribution >= 4 is 5.84 Å². The van der Waals surface area contributed by atoms with Crippen molar-refractivity contribution in [2.24, 2.45) is 4.99 Å². The maximum absolute atomic E-state index is 8.80. The Kier molecular flexibility index (Phi) is 1.48. The molecule has 2 N–H and O–H groups in total. The van der Waals surface area contributed by atoms with Gasteiger partial charge in [0.1, 0.15) is 12.5 Å². The smallest absolute Gasteiger partial charge is 0.143 e. The molecule has 2 aliphatic rings. The summed E-state index contributed by atoms with van der Waals surface area (Å²) in [5.74, 6) is 0.872. The molecule has 0 aliphatic carbocycles. The van der Waals surface area contributed by atoms with Crippen molar-refractivity contribution in [3.8, 4) is 0 Å². The van der Waals surface area contributed by atoms with E-state index in [2.05, 4.69) is 10.4 Å². The molecular formula is C7H9N3O. The Hall–Kier alpha value is -1.13. The predicted octanol–water partition coefficient (Wildman–Crippen LogP) is -0.391. The molecule has 2 heterocycles. The van der Waals surface area contributed by atoms with E-state index < -0.39 is 0 Å². The molecule has 0 spiro atoms. The molecule has 0 aromatic heterocycles. The maximum Gasteiger partial charge on any atom is 0.143 e. The summed E-state index contributed by atoms with van der Waals surface area (Å²) in [7, 11) is 0. The third kappa shape index (κ3) is 1.06. The summed E-state index contributed by atoms with van der Waals surface area (Å²) < 4.78 is 0. The molecule has 0 radical (unpaired) electrons. The van der Waals surface area contributed by atoms with E-state index in [0.29, 0.717) is 6.67 Å². The van der Waals surface area contributed by atoms with Crippen molar-refractivity contribution in [3.63, 3.8) is 0 Å². The molecule has 0 unspecified atom stereocenters. The minimum Gasteiger partial charge on any atom is -0.392 e. The Morgan fingerprint density at radius 1 is 1.73 bits per heavy atom. The molecular weight excluding hydrogens is 142 g/mol. The van der Waals surface area contributed by atoms with Crippen LogP contribution in [0.2, 0.25) is 0 Å². The summed E-state index contributed by atoms with van der Waals surface area (Å²) >= 11 is 0. The largest absolute Gasteiger partial charge is 0.392 e. The van der Waals surface area contributed by atoms with Crippen LogP contribution >= 0.6 is 0 Å². The number of hydrazine groups is 1. The maximum atomic E-state index is 8.80. The minimum atomic E-state index is 0.0728. The van der Waals surface area contributed by atoms with Gasteiger partial charge in [0.25, 0.3) is 0 Å². The van der Waals surface area contributed by atoms with Gasteiger partial charge in [-0.3, -0.25) is 5.01 Å². The monoisotopic (exact) mass is 151 g/mol. The minimum absolute atomic E-state index is 0.0728. The van der Waals surface area contributed by atoms with Crippen LogP contribution in [0.3, 0.4) is 0 Å². The first-order valence-corrected chi connectivity index (χ1v) is 3.47. The van der Waals surface area contributed by atoms with Crippen LogP contribution in [0.4, 0.5) is 0 Å². The fourth-order valence-corrected chi connectivity index (χ4v) is 1.08. The van der Waals surface area contributed by atoms with E-state index in [4.69, 9.17) is 5.11 Å². The summed E-state index contributed by atoms with van der Waals surface area (Å²) in [5.41, 5.74) is 3.91. The fraction of sp³-hybridized carbons (Fsp3) is 0.286. The van der Waals surface area contributed by atoms with Gasteiger partial charge in [-0.2, -0.15) is 0 Å². The lowest BCUT2D eigenvalue weighted by Gasteiger charge is -2.16. The lowest BCUT2D eigenvalue weighted by Crippen LogP contribution is -2.32. The first kappa shape index (κ1) is 6.57. The SMILES string of the molecule is OCC1=CC2=NCNN2C=C1. The second-order valence-electron chi connectivity index (χ2n) is 2.40. The van der Waals surface area contributed by atoms with Crippen LogP contribution in [0.1, 0.15) is 0 Å². The zero-order valence-corrected chi connectivity index (χ0v) is 5.99. The van der Waals surface area contributed by atoms with Crippen molar-refractivity contribution in [2.45, 2.75) is 0 Å². The highest BCUT2D eigenvalue weighted by Crippen LogP contribution is 2.09. The fourth-order valence-electron chi connectivity index (χ4n) is 1.08. The number of hydrogen-bond donors (Lipinski definition) is 2. The molecule has 4 heteroatoms. The number of aliphatic hydroxyl groups excluding tert-OH is 1. The summed E-state index contributed by atoms with van der Waals surface area (Å²) in [5, 5.41) is 10.6. The third-order valence-corrected chi connectivity index (χ3v) is 1.66. The first-order chi connectivity index (χ1) is 5.40. The Bertz CT molecular complexity index is 254. The van der Waals surface area contributed by atoms with Gasteiger partial charge in [-0.25, -0.2) is 10.4 Å². The number of rotatable bonds is 1. The lowest BCUT2D eigenvalue weighted by atomic mass is 10.2. The molecule has 58 valence electrons. The molecule has 2 rings (SSSR count). The number of nitrogens with one attached hydrogen (secondary N) is 1. The van der Waals surface area contributed by atoms with Gasteiger partial charge in [0.05, 0.1) is 6.61 Å². The molecule has 11 heavy (non-hydrogen) atoms. The van der Waals surface area contributed by atoms with Crippen molar-refractivity contribution < 1.29 is 5.11 Å². The van der Waals surface area contributed by atoms with Crippen LogP contribution in [0.25, 0.3) is 0 Å². The second kappa shape index (κ2) is 2.48. The Balaban J connectivity index is 2.25. The van der Waals surface area contributed by atoms with Gasteiger partial charge in [-0.1, -0.05) is 0 Å². The van der Waals surface area contributed by atoms with E-state index in [0.717, 1.165) is 11.4 Å². The average Bonchev–Trinajstić information content (AvgIpc) is 2.50. The van der Waals surface area contributed by atoms with E-state index in [1.54, 1.807) is 0 Å². The Morgan fingerprint density at radius 2 is 2.64 bits per heavy atom. The molecule has 0 fully saturated rings.